The van der Waals surface area contributed by atoms with E-state index in [0.29, 0.717) is 6.54 Å². The number of carbonyl (C=O) groups excluding carboxylic acids is 2. The molecule has 92 valence electrons. The Hall–Kier alpha value is -1.14. The Labute approximate surface area is 94.8 Å². The van der Waals surface area contributed by atoms with Crippen LogP contribution < -0.4 is 16.5 Å². The van der Waals surface area contributed by atoms with Crippen LogP contribution in [0.15, 0.2) is 0 Å². The maximum Gasteiger partial charge on any atom is 0.251 e. The van der Waals surface area contributed by atoms with Crippen molar-refractivity contribution < 1.29 is 14.4 Å². The lowest BCUT2D eigenvalue weighted by Gasteiger charge is -2.30. The lowest BCUT2D eigenvalue weighted by Crippen LogP contribution is -2.46. The van der Waals surface area contributed by atoms with Gasteiger partial charge in [-0.2, -0.15) is 0 Å². The number of primary amides is 1. The zero-order valence-electron chi connectivity index (χ0n) is 9.71. The molecule has 0 spiro atoms. The molecule has 1 aliphatic heterocycles. The van der Waals surface area contributed by atoms with Crippen molar-refractivity contribution in [2.75, 3.05) is 19.7 Å². The minimum atomic E-state index is -0.608. The number of rotatable bonds is 5. The molecule has 0 aromatic heterocycles. The van der Waals surface area contributed by atoms with E-state index in [1.54, 1.807) is 0 Å². The summed E-state index contributed by atoms with van der Waals surface area (Å²) < 4.78 is 0. The monoisotopic (exact) mass is 229 g/mol. The molecule has 0 bridgehead atoms. The molecule has 1 atom stereocenters. The number of carbonyl (C=O) groups is 2. The molecule has 1 unspecified atom stereocenters. The highest BCUT2D eigenvalue weighted by Gasteiger charge is 2.44. The first-order valence-electron chi connectivity index (χ1n) is 5.40. The van der Waals surface area contributed by atoms with E-state index in [9.17, 15) is 9.59 Å². The molecule has 4 N–H and O–H groups in total. The molecule has 0 aromatic carbocycles. The molecule has 0 aromatic rings. The van der Waals surface area contributed by atoms with Crippen molar-refractivity contribution in [1.29, 1.82) is 0 Å². The van der Waals surface area contributed by atoms with E-state index >= 15 is 0 Å². The third-order valence-electron chi connectivity index (χ3n) is 3.13. The van der Waals surface area contributed by atoms with Gasteiger partial charge in [0.05, 0.1) is 5.41 Å². The van der Waals surface area contributed by atoms with Gasteiger partial charge in [-0.05, 0) is 18.9 Å². The molecule has 16 heavy (non-hydrogen) atoms. The summed E-state index contributed by atoms with van der Waals surface area (Å²) in [5.74, 6) is -0.586. The molecule has 0 aliphatic carbocycles. The van der Waals surface area contributed by atoms with Crippen LogP contribution in [-0.2, 0) is 14.4 Å². The molecule has 6 heteroatoms. The maximum absolute atomic E-state index is 12.0. The Morgan fingerprint density at radius 3 is 2.69 bits per heavy atom. The van der Waals surface area contributed by atoms with Crippen LogP contribution in [0, 0.1) is 11.3 Å². The van der Waals surface area contributed by atoms with Crippen molar-refractivity contribution >= 4 is 11.8 Å². The van der Waals surface area contributed by atoms with Gasteiger partial charge in [0.15, 0.2) is 6.61 Å². The van der Waals surface area contributed by atoms with Gasteiger partial charge in [-0.25, -0.2) is 5.48 Å². The fraction of sp³-hybridized carbons (Fsp3) is 0.800. The topological polar surface area (TPSA) is 93.4 Å². The molecule has 1 heterocycles. The summed E-state index contributed by atoms with van der Waals surface area (Å²) in [7, 11) is 0. The highest BCUT2D eigenvalue weighted by Crippen LogP contribution is 2.34. The highest BCUT2D eigenvalue weighted by atomic mass is 16.7. The van der Waals surface area contributed by atoms with Crippen LogP contribution in [0.1, 0.15) is 20.3 Å². The fourth-order valence-corrected chi connectivity index (χ4v) is 1.93. The Balaban J connectivity index is 2.52. The lowest BCUT2D eigenvalue weighted by atomic mass is 9.76. The minimum absolute atomic E-state index is 0.186. The smallest absolute Gasteiger partial charge is 0.251 e. The van der Waals surface area contributed by atoms with Gasteiger partial charge >= 0.3 is 0 Å². The van der Waals surface area contributed by atoms with Crippen molar-refractivity contribution in [3.63, 3.8) is 0 Å². The quantitative estimate of drug-likeness (QED) is 0.536. The van der Waals surface area contributed by atoms with Crippen molar-refractivity contribution in [3.05, 3.63) is 0 Å². The lowest BCUT2D eigenvalue weighted by molar-refractivity contribution is -0.148. The van der Waals surface area contributed by atoms with Gasteiger partial charge in [-0.1, -0.05) is 13.8 Å². The second-order valence-electron chi connectivity index (χ2n) is 4.42. The minimum Gasteiger partial charge on any atom is -0.368 e. The number of hydrogen-bond donors (Lipinski definition) is 3. The van der Waals surface area contributed by atoms with Crippen LogP contribution >= 0.6 is 0 Å². The third kappa shape index (κ3) is 2.70. The molecule has 1 rings (SSSR count). The second-order valence-corrected chi connectivity index (χ2v) is 4.42. The van der Waals surface area contributed by atoms with Crippen LogP contribution in [-0.4, -0.2) is 31.5 Å². The number of amides is 2. The van der Waals surface area contributed by atoms with E-state index in [1.807, 2.05) is 13.8 Å². The number of nitrogens with one attached hydrogen (secondary N) is 2. The highest BCUT2D eigenvalue weighted by molar-refractivity contribution is 5.83. The third-order valence-corrected chi connectivity index (χ3v) is 3.13. The SMILES string of the molecule is CC(C)C1(C(=O)NOCC(N)=O)CCNC1. The second kappa shape index (κ2) is 5.27. The van der Waals surface area contributed by atoms with Crippen molar-refractivity contribution in [1.82, 2.24) is 10.8 Å². The average molecular weight is 229 g/mol. The first kappa shape index (κ1) is 12.9. The van der Waals surface area contributed by atoms with Crippen LogP contribution in [0.4, 0.5) is 0 Å². The van der Waals surface area contributed by atoms with E-state index in [0.717, 1.165) is 13.0 Å². The van der Waals surface area contributed by atoms with E-state index in [4.69, 9.17) is 10.6 Å². The number of hydrogen-bond acceptors (Lipinski definition) is 4. The molecule has 6 nitrogen and oxygen atoms in total. The average Bonchev–Trinajstić information content (AvgIpc) is 2.66. The van der Waals surface area contributed by atoms with Crippen LogP contribution in [0.25, 0.3) is 0 Å². The van der Waals surface area contributed by atoms with Gasteiger partial charge in [-0.3, -0.25) is 14.4 Å². The summed E-state index contributed by atoms with van der Waals surface area (Å²) in [5, 5.41) is 3.17. The van der Waals surface area contributed by atoms with Crippen molar-refractivity contribution in [2.45, 2.75) is 20.3 Å². The zero-order chi connectivity index (χ0) is 12.2. The largest absolute Gasteiger partial charge is 0.368 e. The molecule has 2 amide bonds. The van der Waals surface area contributed by atoms with Crippen LogP contribution in [0.2, 0.25) is 0 Å². The summed E-state index contributed by atoms with van der Waals surface area (Å²) in [6.45, 7) is 5.16. The summed E-state index contributed by atoms with van der Waals surface area (Å²) >= 11 is 0. The first-order chi connectivity index (χ1) is 7.49. The van der Waals surface area contributed by atoms with Gasteiger partial charge in [0.25, 0.3) is 5.91 Å². The molecule has 1 fully saturated rings. The molecular weight excluding hydrogens is 210 g/mol. The summed E-state index contributed by atoms with van der Waals surface area (Å²) in [6, 6.07) is 0. The summed E-state index contributed by atoms with van der Waals surface area (Å²) in [5.41, 5.74) is 6.75. The molecule has 0 radical (unpaired) electrons. The number of hydroxylamine groups is 1. The van der Waals surface area contributed by atoms with Gasteiger partial charge in [0, 0.05) is 6.54 Å². The van der Waals surface area contributed by atoms with E-state index < -0.39 is 11.3 Å². The van der Waals surface area contributed by atoms with Crippen molar-refractivity contribution in [3.8, 4) is 0 Å². The zero-order valence-corrected chi connectivity index (χ0v) is 9.71. The predicted octanol–water partition coefficient (Wildman–Crippen LogP) is -0.845. The standard InChI is InChI=1S/C10H19N3O3/c1-7(2)10(3-4-12-6-10)9(15)13-16-5-8(11)14/h7,12H,3-6H2,1-2H3,(H2,11,14)(H,13,15). The molecular formula is C10H19N3O3. The van der Waals surface area contributed by atoms with Gasteiger partial charge in [0.1, 0.15) is 0 Å². The van der Waals surface area contributed by atoms with E-state index in [2.05, 4.69) is 10.8 Å². The Bertz CT molecular complexity index is 272. The first-order valence-corrected chi connectivity index (χ1v) is 5.40. The molecule has 1 saturated heterocycles. The Morgan fingerprint density at radius 1 is 1.56 bits per heavy atom. The molecule has 0 saturated carbocycles. The van der Waals surface area contributed by atoms with Gasteiger partial charge in [0.2, 0.25) is 5.91 Å². The van der Waals surface area contributed by atoms with E-state index in [-0.39, 0.29) is 18.4 Å². The predicted molar refractivity (Wildman–Crippen MR) is 58.0 cm³/mol. The molecule has 1 aliphatic rings. The summed E-state index contributed by atoms with van der Waals surface area (Å²) in [6.07, 6.45) is 0.774. The van der Waals surface area contributed by atoms with Crippen LogP contribution in [0.5, 0.6) is 0 Å². The summed E-state index contributed by atoms with van der Waals surface area (Å²) in [4.78, 5) is 27.2. The van der Waals surface area contributed by atoms with Crippen LogP contribution in [0.3, 0.4) is 0 Å². The number of nitrogens with two attached hydrogens (primary N) is 1. The Morgan fingerprint density at radius 2 is 2.25 bits per heavy atom. The normalized spacial score (nSPS) is 24.7. The van der Waals surface area contributed by atoms with Crippen molar-refractivity contribution in [2.24, 2.45) is 17.1 Å². The Kier molecular flexibility index (Phi) is 4.26. The van der Waals surface area contributed by atoms with Gasteiger partial charge in [-0.15, -0.1) is 0 Å². The van der Waals surface area contributed by atoms with Gasteiger partial charge < -0.3 is 11.1 Å². The fourth-order valence-electron chi connectivity index (χ4n) is 1.93. The maximum atomic E-state index is 12.0. The van der Waals surface area contributed by atoms with E-state index in [1.165, 1.54) is 0 Å².